The summed E-state index contributed by atoms with van der Waals surface area (Å²) in [6.07, 6.45) is 0.586. The van der Waals surface area contributed by atoms with E-state index in [1.807, 2.05) is 6.92 Å². The highest BCUT2D eigenvalue weighted by Gasteiger charge is 2.47. The zero-order chi connectivity index (χ0) is 16.7. The molecule has 1 aromatic rings. The van der Waals surface area contributed by atoms with E-state index >= 15 is 0 Å². The first-order valence-electron chi connectivity index (χ1n) is 6.81. The fourth-order valence-corrected chi connectivity index (χ4v) is 3.81. The molecule has 0 saturated carbocycles. The van der Waals surface area contributed by atoms with Gasteiger partial charge in [0.1, 0.15) is 0 Å². The Kier molecular flexibility index (Phi) is 4.49. The molecule has 0 N–H and O–H groups in total. The molecule has 0 spiro atoms. The zero-order valence-corrected chi connectivity index (χ0v) is 14.4. The molecule has 4 amide bonds. The van der Waals surface area contributed by atoms with Crippen LogP contribution in [0.15, 0.2) is 24.3 Å². The van der Waals surface area contributed by atoms with Crippen LogP contribution in [0.4, 0.5) is 15.3 Å². The summed E-state index contributed by atoms with van der Waals surface area (Å²) in [6, 6.07) is 5.35. The van der Waals surface area contributed by atoms with Crippen LogP contribution in [0.1, 0.15) is 27.2 Å². The van der Waals surface area contributed by atoms with Crippen molar-refractivity contribution in [2.24, 2.45) is 0 Å². The second-order valence-corrected chi connectivity index (χ2v) is 7.16. The number of nitrogens with zero attached hydrogens (tertiary/aromatic N) is 3. The third kappa shape index (κ3) is 2.59. The highest BCUT2D eigenvalue weighted by Crippen LogP contribution is 2.34. The van der Waals surface area contributed by atoms with E-state index in [2.05, 4.69) is 0 Å². The molecule has 0 bridgehead atoms. The van der Waals surface area contributed by atoms with Gasteiger partial charge in [0.05, 0.1) is 16.2 Å². The van der Waals surface area contributed by atoms with Crippen LogP contribution < -0.4 is 4.31 Å². The zero-order valence-electron chi connectivity index (χ0n) is 12.9. The summed E-state index contributed by atoms with van der Waals surface area (Å²) in [5.41, 5.74) is -0.361. The maximum absolute atomic E-state index is 12.9. The molecule has 1 aromatic carbocycles. The molecule has 0 radical (unpaired) electrons. The predicted octanol–water partition coefficient (Wildman–Crippen LogP) is 3.40. The number of carbonyl (C=O) groups excluding carboxylic acids is 2. The molecule has 22 heavy (non-hydrogen) atoms. The van der Waals surface area contributed by atoms with Crippen LogP contribution in [0.2, 0.25) is 5.02 Å². The van der Waals surface area contributed by atoms with Crippen LogP contribution in [0, 0.1) is 0 Å². The fraction of sp³-hybridized carbons (Fsp3) is 0.429. The highest BCUT2D eigenvalue weighted by atomic mass is 35.5. The molecule has 1 heterocycles. The van der Waals surface area contributed by atoms with Gasteiger partial charge in [0.25, 0.3) is 0 Å². The molecule has 2 rings (SSSR count). The minimum Gasteiger partial charge on any atom is -0.247 e. The van der Waals surface area contributed by atoms with Crippen molar-refractivity contribution in [2.45, 2.75) is 32.7 Å². The number of hydrogen-bond donors (Lipinski definition) is 0. The Balaban J connectivity index is 2.56. The second-order valence-electron chi connectivity index (χ2n) is 5.56. The first-order chi connectivity index (χ1) is 10.2. The monoisotopic (exact) mass is 343 g/mol. The van der Waals surface area contributed by atoms with Crippen molar-refractivity contribution in [2.75, 3.05) is 11.4 Å². The molecular weight excluding hydrogens is 326 g/mol. The Labute approximate surface area is 137 Å². The van der Waals surface area contributed by atoms with E-state index in [9.17, 15) is 13.8 Å². The summed E-state index contributed by atoms with van der Waals surface area (Å²) in [5.74, 6) is 0. The van der Waals surface area contributed by atoms with Gasteiger partial charge in [-0.3, -0.25) is 0 Å². The van der Waals surface area contributed by atoms with Crippen LogP contribution in [0.3, 0.4) is 0 Å². The van der Waals surface area contributed by atoms with Gasteiger partial charge in [-0.25, -0.2) is 23.0 Å². The average Bonchev–Trinajstić information content (AvgIpc) is 2.47. The third-order valence-corrected chi connectivity index (χ3v) is 5.67. The van der Waals surface area contributed by atoms with Gasteiger partial charge >= 0.3 is 12.1 Å². The Hall–Kier alpha value is -1.60. The largest absolute Gasteiger partial charge is 0.345 e. The summed E-state index contributed by atoms with van der Waals surface area (Å²) in [7, 11) is 1.36. The van der Waals surface area contributed by atoms with E-state index in [1.165, 1.54) is 11.4 Å². The lowest BCUT2D eigenvalue weighted by Crippen LogP contribution is -2.65. The van der Waals surface area contributed by atoms with Crippen molar-refractivity contribution >= 4 is 40.5 Å². The minimum atomic E-state index is -1.99. The maximum atomic E-state index is 12.9. The van der Waals surface area contributed by atoms with Gasteiger partial charge in [0, 0.05) is 7.05 Å². The van der Waals surface area contributed by atoms with Crippen LogP contribution in [0.25, 0.3) is 0 Å². The number of para-hydroxylation sites is 1. The first-order valence-corrected chi connectivity index (χ1v) is 8.25. The Morgan fingerprint density at radius 2 is 1.77 bits per heavy atom. The van der Waals surface area contributed by atoms with E-state index in [4.69, 9.17) is 11.6 Å². The number of imide groups is 1. The van der Waals surface area contributed by atoms with E-state index in [1.54, 1.807) is 38.1 Å². The minimum absolute atomic E-state index is 0.293. The summed E-state index contributed by atoms with van der Waals surface area (Å²) in [5, 5.41) is 0.293. The van der Waals surface area contributed by atoms with Gasteiger partial charge in [0.15, 0.2) is 0 Å². The highest BCUT2D eigenvalue weighted by molar-refractivity contribution is 7.85. The summed E-state index contributed by atoms with van der Waals surface area (Å²) < 4.78 is 15.1. The Bertz CT molecular complexity index is 650. The smallest absolute Gasteiger partial charge is 0.247 e. The van der Waals surface area contributed by atoms with Crippen molar-refractivity contribution in [1.82, 2.24) is 9.21 Å². The number of amides is 4. The SMILES string of the molecule is CCC(C)(C)N1C(=O)N(C)C(=O)N(c2ccccc2Cl)S1=O. The van der Waals surface area contributed by atoms with Crippen LogP contribution in [-0.2, 0) is 11.2 Å². The standard InChI is InChI=1S/C14H18ClN3O3S/c1-5-14(2,3)18-13(20)16(4)12(19)17(22(18)21)11-9-7-6-8-10(11)15/h6-9H,5H2,1-4H3. The molecular formula is C14H18ClN3O3S. The molecule has 8 heteroatoms. The molecule has 1 unspecified atom stereocenters. The van der Waals surface area contributed by atoms with Gasteiger partial charge in [-0.15, -0.1) is 0 Å². The van der Waals surface area contributed by atoms with Crippen molar-refractivity contribution in [3.63, 3.8) is 0 Å². The van der Waals surface area contributed by atoms with Gasteiger partial charge in [-0.2, -0.15) is 4.31 Å². The molecule has 0 aromatic heterocycles. The number of halogens is 1. The Morgan fingerprint density at radius 1 is 1.18 bits per heavy atom. The number of carbonyl (C=O) groups is 2. The maximum Gasteiger partial charge on any atom is 0.345 e. The lowest BCUT2D eigenvalue weighted by molar-refractivity contribution is 0.156. The molecule has 1 aliphatic heterocycles. The van der Waals surface area contributed by atoms with Gasteiger partial charge in [-0.05, 0) is 32.4 Å². The van der Waals surface area contributed by atoms with Crippen molar-refractivity contribution < 1.29 is 13.8 Å². The summed E-state index contributed by atoms with van der Waals surface area (Å²) >= 11 is 4.13. The molecule has 120 valence electrons. The summed E-state index contributed by atoms with van der Waals surface area (Å²) in [4.78, 5) is 25.8. The normalized spacial score (nSPS) is 19.9. The predicted molar refractivity (Wildman–Crippen MR) is 86.8 cm³/mol. The van der Waals surface area contributed by atoms with Crippen molar-refractivity contribution in [3.05, 3.63) is 29.3 Å². The first kappa shape index (κ1) is 16.8. The number of hydrogen-bond acceptors (Lipinski definition) is 3. The molecule has 0 aliphatic carbocycles. The van der Waals surface area contributed by atoms with Gasteiger partial charge < -0.3 is 0 Å². The Morgan fingerprint density at radius 3 is 2.32 bits per heavy atom. The van der Waals surface area contributed by atoms with Gasteiger partial charge in [0.2, 0.25) is 11.2 Å². The number of urea groups is 2. The van der Waals surface area contributed by atoms with Crippen LogP contribution >= 0.6 is 11.6 Å². The molecule has 1 aliphatic rings. The average molecular weight is 344 g/mol. The number of benzene rings is 1. The lowest BCUT2D eigenvalue weighted by Gasteiger charge is -2.44. The summed E-state index contributed by atoms with van der Waals surface area (Å²) in [6.45, 7) is 5.50. The van der Waals surface area contributed by atoms with E-state index in [0.717, 1.165) is 9.21 Å². The van der Waals surface area contributed by atoms with E-state index < -0.39 is 28.8 Å². The number of anilines is 1. The van der Waals surface area contributed by atoms with E-state index in [0.29, 0.717) is 17.1 Å². The fourth-order valence-electron chi connectivity index (χ4n) is 1.99. The van der Waals surface area contributed by atoms with Crippen LogP contribution in [0.5, 0.6) is 0 Å². The van der Waals surface area contributed by atoms with Crippen LogP contribution in [-0.4, -0.2) is 38.1 Å². The quantitative estimate of drug-likeness (QED) is 0.845. The molecule has 1 saturated heterocycles. The second kappa shape index (κ2) is 5.89. The van der Waals surface area contributed by atoms with E-state index in [-0.39, 0.29) is 0 Å². The molecule has 1 atom stereocenters. The topological polar surface area (TPSA) is 60.9 Å². The molecule has 6 nitrogen and oxygen atoms in total. The lowest BCUT2D eigenvalue weighted by atomic mass is 10.0. The molecule has 1 fully saturated rings. The van der Waals surface area contributed by atoms with Crippen molar-refractivity contribution in [3.8, 4) is 0 Å². The van der Waals surface area contributed by atoms with Crippen molar-refractivity contribution in [1.29, 1.82) is 0 Å². The van der Waals surface area contributed by atoms with Gasteiger partial charge in [-0.1, -0.05) is 30.7 Å². The third-order valence-electron chi connectivity index (χ3n) is 3.72. The number of rotatable bonds is 3.